The third kappa shape index (κ3) is 3.94. The first-order chi connectivity index (χ1) is 13.7. The van der Waals surface area contributed by atoms with E-state index in [1.54, 1.807) is 0 Å². The van der Waals surface area contributed by atoms with Gasteiger partial charge in [-0.2, -0.15) is 0 Å². The van der Waals surface area contributed by atoms with Crippen molar-refractivity contribution < 1.29 is 9.53 Å². The SMILES string of the molecule is CN(Cc1ccccc1)c1c(OCc2ccccc2)ccc2c1CCCC2=O. The number of benzene rings is 3. The lowest BCUT2D eigenvalue weighted by atomic mass is 9.88. The lowest BCUT2D eigenvalue weighted by Crippen LogP contribution is -2.22. The highest BCUT2D eigenvalue weighted by atomic mass is 16.5. The molecule has 142 valence electrons. The van der Waals surface area contributed by atoms with Gasteiger partial charge < -0.3 is 9.64 Å². The summed E-state index contributed by atoms with van der Waals surface area (Å²) >= 11 is 0. The van der Waals surface area contributed by atoms with Gasteiger partial charge in [-0.05, 0) is 41.7 Å². The molecule has 1 aliphatic carbocycles. The van der Waals surface area contributed by atoms with Crippen LogP contribution in [0.4, 0.5) is 5.69 Å². The first kappa shape index (κ1) is 18.3. The van der Waals surface area contributed by atoms with Gasteiger partial charge in [0.25, 0.3) is 0 Å². The summed E-state index contributed by atoms with van der Waals surface area (Å²) in [5, 5.41) is 0. The molecule has 0 bridgehead atoms. The van der Waals surface area contributed by atoms with Crippen LogP contribution in [0, 0.1) is 0 Å². The van der Waals surface area contributed by atoms with Gasteiger partial charge in [-0.25, -0.2) is 0 Å². The van der Waals surface area contributed by atoms with E-state index in [4.69, 9.17) is 4.74 Å². The number of carbonyl (C=O) groups excluding carboxylic acids is 1. The number of ketones is 1. The number of hydrogen-bond donors (Lipinski definition) is 0. The lowest BCUT2D eigenvalue weighted by Gasteiger charge is -2.28. The van der Waals surface area contributed by atoms with Crippen molar-refractivity contribution in [2.45, 2.75) is 32.4 Å². The summed E-state index contributed by atoms with van der Waals surface area (Å²) in [7, 11) is 2.08. The number of rotatable bonds is 6. The molecular weight excluding hydrogens is 346 g/mol. The van der Waals surface area contributed by atoms with Crippen LogP contribution in [-0.4, -0.2) is 12.8 Å². The predicted molar refractivity (Wildman–Crippen MR) is 113 cm³/mol. The van der Waals surface area contributed by atoms with Crippen molar-refractivity contribution in [3.8, 4) is 5.75 Å². The number of Topliss-reactive ketones (excluding diaryl/α,β-unsaturated/α-hetero) is 1. The number of fused-ring (bicyclic) bond motifs is 1. The fourth-order valence-corrected chi connectivity index (χ4v) is 3.90. The zero-order chi connectivity index (χ0) is 19.3. The Labute approximate surface area is 166 Å². The lowest BCUT2D eigenvalue weighted by molar-refractivity contribution is 0.0972. The fraction of sp³-hybridized carbons (Fsp3) is 0.240. The Morgan fingerprint density at radius 2 is 1.54 bits per heavy atom. The van der Waals surface area contributed by atoms with Crippen LogP contribution in [0.2, 0.25) is 0 Å². The van der Waals surface area contributed by atoms with Gasteiger partial charge in [0.1, 0.15) is 12.4 Å². The van der Waals surface area contributed by atoms with E-state index in [0.717, 1.165) is 47.5 Å². The first-order valence-electron chi connectivity index (χ1n) is 9.83. The molecule has 3 nitrogen and oxygen atoms in total. The number of nitrogens with zero attached hydrogens (tertiary/aromatic N) is 1. The third-order valence-electron chi connectivity index (χ3n) is 5.26. The first-order valence-corrected chi connectivity index (χ1v) is 9.83. The minimum Gasteiger partial charge on any atom is -0.487 e. The zero-order valence-electron chi connectivity index (χ0n) is 16.2. The molecule has 0 amide bonds. The maximum Gasteiger partial charge on any atom is 0.163 e. The summed E-state index contributed by atoms with van der Waals surface area (Å²) in [4.78, 5) is 14.7. The standard InChI is InChI=1S/C25H25NO2/c1-26(17-19-9-4-2-5-10-19)25-22-13-8-14-23(27)21(22)15-16-24(25)28-18-20-11-6-3-7-12-20/h2-7,9-12,15-16H,8,13-14,17-18H2,1H3. The molecule has 1 aliphatic rings. The van der Waals surface area contributed by atoms with Crippen LogP contribution in [0.15, 0.2) is 72.8 Å². The van der Waals surface area contributed by atoms with E-state index in [2.05, 4.69) is 48.3 Å². The molecule has 3 heteroatoms. The fourth-order valence-electron chi connectivity index (χ4n) is 3.90. The summed E-state index contributed by atoms with van der Waals surface area (Å²) in [6.07, 6.45) is 2.46. The number of carbonyl (C=O) groups is 1. The van der Waals surface area contributed by atoms with E-state index >= 15 is 0 Å². The van der Waals surface area contributed by atoms with Gasteiger partial charge in [-0.3, -0.25) is 4.79 Å². The van der Waals surface area contributed by atoms with Crippen molar-refractivity contribution in [2.75, 3.05) is 11.9 Å². The summed E-state index contributed by atoms with van der Waals surface area (Å²) in [6, 6.07) is 24.5. The van der Waals surface area contributed by atoms with E-state index in [1.807, 2.05) is 36.4 Å². The molecule has 0 unspecified atom stereocenters. The molecule has 0 aliphatic heterocycles. The summed E-state index contributed by atoms with van der Waals surface area (Å²) in [5.74, 6) is 1.08. The Hall–Kier alpha value is -3.07. The van der Waals surface area contributed by atoms with Gasteiger partial charge in [-0.1, -0.05) is 60.7 Å². The minimum atomic E-state index is 0.241. The molecule has 3 aromatic carbocycles. The Bertz CT molecular complexity index is 951. The van der Waals surface area contributed by atoms with Gasteiger partial charge in [0, 0.05) is 25.6 Å². The molecular formula is C25H25NO2. The molecule has 0 fully saturated rings. The average Bonchev–Trinajstić information content (AvgIpc) is 2.73. The van der Waals surface area contributed by atoms with Crippen LogP contribution in [0.3, 0.4) is 0 Å². The summed E-state index contributed by atoms with van der Waals surface area (Å²) in [5.41, 5.74) is 5.39. The van der Waals surface area contributed by atoms with Crippen molar-refractivity contribution >= 4 is 11.5 Å². The van der Waals surface area contributed by atoms with Crippen molar-refractivity contribution in [1.29, 1.82) is 0 Å². The van der Waals surface area contributed by atoms with E-state index in [0.29, 0.717) is 13.0 Å². The quantitative estimate of drug-likeness (QED) is 0.579. The Kier molecular flexibility index (Phi) is 5.43. The topological polar surface area (TPSA) is 29.5 Å². The molecule has 0 atom stereocenters. The van der Waals surface area contributed by atoms with Gasteiger partial charge in [0.15, 0.2) is 5.78 Å². The van der Waals surface area contributed by atoms with E-state index in [1.165, 1.54) is 5.56 Å². The van der Waals surface area contributed by atoms with E-state index < -0.39 is 0 Å². The van der Waals surface area contributed by atoms with Crippen LogP contribution < -0.4 is 9.64 Å². The smallest absolute Gasteiger partial charge is 0.163 e. The normalized spacial score (nSPS) is 13.1. The largest absolute Gasteiger partial charge is 0.487 e. The Morgan fingerprint density at radius 3 is 2.25 bits per heavy atom. The van der Waals surface area contributed by atoms with Gasteiger partial charge in [0.2, 0.25) is 0 Å². The van der Waals surface area contributed by atoms with Gasteiger partial charge in [0.05, 0.1) is 5.69 Å². The maximum absolute atomic E-state index is 12.4. The molecule has 0 heterocycles. The average molecular weight is 371 g/mol. The van der Waals surface area contributed by atoms with Crippen LogP contribution in [-0.2, 0) is 19.6 Å². The van der Waals surface area contributed by atoms with E-state index in [-0.39, 0.29) is 5.78 Å². The van der Waals surface area contributed by atoms with Crippen molar-refractivity contribution in [2.24, 2.45) is 0 Å². The molecule has 0 saturated carbocycles. The highest BCUT2D eigenvalue weighted by Crippen LogP contribution is 2.38. The summed E-state index contributed by atoms with van der Waals surface area (Å²) in [6.45, 7) is 1.28. The number of anilines is 1. The van der Waals surface area contributed by atoms with Crippen LogP contribution >= 0.6 is 0 Å². The Morgan fingerprint density at radius 1 is 0.857 bits per heavy atom. The molecule has 3 aromatic rings. The maximum atomic E-state index is 12.4. The predicted octanol–water partition coefficient (Wildman–Crippen LogP) is 5.42. The molecule has 0 spiro atoms. The zero-order valence-corrected chi connectivity index (χ0v) is 16.2. The molecule has 0 aromatic heterocycles. The molecule has 4 rings (SSSR count). The van der Waals surface area contributed by atoms with Crippen LogP contribution in [0.5, 0.6) is 5.75 Å². The molecule has 0 radical (unpaired) electrons. The number of hydrogen-bond acceptors (Lipinski definition) is 3. The molecule has 28 heavy (non-hydrogen) atoms. The van der Waals surface area contributed by atoms with Crippen LogP contribution in [0.25, 0.3) is 0 Å². The molecule has 0 N–H and O–H groups in total. The monoisotopic (exact) mass is 371 g/mol. The highest BCUT2D eigenvalue weighted by molar-refractivity contribution is 6.00. The number of ether oxygens (including phenoxy) is 1. The Balaban J connectivity index is 1.68. The van der Waals surface area contributed by atoms with Crippen molar-refractivity contribution in [1.82, 2.24) is 0 Å². The van der Waals surface area contributed by atoms with Crippen molar-refractivity contribution in [3.05, 3.63) is 95.1 Å². The third-order valence-corrected chi connectivity index (χ3v) is 5.26. The summed E-state index contributed by atoms with van der Waals surface area (Å²) < 4.78 is 6.23. The van der Waals surface area contributed by atoms with Gasteiger partial charge in [-0.15, -0.1) is 0 Å². The second kappa shape index (κ2) is 8.30. The van der Waals surface area contributed by atoms with Crippen molar-refractivity contribution in [3.63, 3.8) is 0 Å². The minimum absolute atomic E-state index is 0.241. The second-order valence-corrected chi connectivity index (χ2v) is 7.33. The molecule has 0 saturated heterocycles. The second-order valence-electron chi connectivity index (χ2n) is 7.33. The van der Waals surface area contributed by atoms with Gasteiger partial charge >= 0.3 is 0 Å². The highest BCUT2D eigenvalue weighted by Gasteiger charge is 2.24. The van der Waals surface area contributed by atoms with E-state index in [9.17, 15) is 4.79 Å². The van der Waals surface area contributed by atoms with Crippen LogP contribution in [0.1, 0.15) is 39.9 Å².